The van der Waals surface area contributed by atoms with Crippen LogP contribution in [0.1, 0.15) is 33.1 Å². The average molecular weight is 274 g/mol. The molecule has 18 heavy (non-hydrogen) atoms. The normalized spacial score (nSPS) is 21.6. The number of carbonyl (C=O) groups excluding carboxylic acids is 1. The van der Waals surface area contributed by atoms with E-state index in [9.17, 15) is 4.79 Å². The van der Waals surface area contributed by atoms with Gasteiger partial charge in [0, 0.05) is 24.9 Å². The summed E-state index contributed by atoms with van der Waals surface area (Å²) in [5.74, 6) is 1.61. The zero-order chi connectivity index (χ0) is 13.2. The van der Waals surface area contributed by atoms with Gasteiger partial charge in [-0.25, -0.2) is 0 Å². The lowest BCUT2D eigenvalue weighted by atomic mass is 10.1. The van der Waals surface area contributed by atoms with Crippen LogP contribution in [0.3, 0.4) is 0 Å². The number of amides is 1. The topological polar surface area (TPSA) is 50.4 Å². The van der Waals surface area contributed by atoms with Crippen molar-refractivity contribution in [2.75, 3.05) is 31.2 Å². The second kappa shape index (κ2) is 9.64. The predicted octanol–water partition coefficient (Wildman–Crippen LogP) is 1.40. The largest absolute Gasteiger partial charge is 0.377 e. The van der Waals surface area contributed by atoms with E-state index < -0.39 is 0 Å². The molecule has 1 aliphatic heterocycles. The lowest BCUT2D eigenvalue weighted by molar-refractivity contribution is -0.118. The number of thioether (sulfide) groups is 1. The van der Waals surface area contributed by atoms with Crippen molar-refractivity contribution in [2.24, 2.45) is 0 Å². The number of hydrogen-bond acceptors (Lipinski definition) is 4. The zero-order valence-corrected chi connectivity index (χ0v) is 12.4. The van der Waals surface area contributed by atoms with Crippen molar-refractivity contribution in [3.05, 3.63) is 0 Å². The first kappa shape index (κ1) is 15.8. The van der Waals surface area contributed by atoms with Crippen LogP contribution in [0.15, 0.2) is 0 Å². The molecule has 0 aliphatic carbocycles. The molecule has 1 unspecified atom stereocenters. The smallest absolute Gasteiger partial charge is 0.230 e. The summed E-state index contributed by atoms with van der Waals surface area (Å²) in [6, 6.07) is 0.339. The number of hydrogen-bond donors (Lipinski definition) is 2. The van der Waals surface area contributed by atoms with E-state index >= 15 is 0 Å². The highest BCUT2D eigenvalue weighted by Crippen LogP contribution is 2.16. The highest BCUT2D eigenvalue weighted by molar-refractivity contribution is 7.99. The van der Waals surface area contributed by atoms with Gasteiger partial charge in [0.2, 0.25) is 5.91 Å². The standard InChI is InChI=1S/C13H26N2O2S/c1-3-14-11(2)8-15-13(16)10-18-9-12-6-4-5-7-17-12/h11-12,14H,3-10H2,1-2H3,(H,15,16)/t11-,12?/m1/s1. The average Bonchev–Trinajstić information content (AvgIpc) is 2.38. The highest BCUT2D eigenvalue weighted by atomic mass is 32.2. The van der Waals surface area contributed by atoms with Crippen molar-refractivity contribution in [1.29, 1.82) is 0 Å². The van der Waals surface area contributed by atoms with Crippen molar-refractivity contribution in [1.82, 2.24) is 10.6 Å². The van der Waals surface area contributed by atoms with Gasteiger partial charge in [-0.3, -0.25) is 4.79 Å². The molecule has 0 aromatic heterocycles. The summed E-state index contributed by atoms with van der Waals surface area (Å²) in [7, 11) is 0. The molecule has 0 radical (unpaired) electrons. The molecule has 2 atom stereocenters. The van der Waals surface area contributed by atoms with Gasteiger partial charge < -0.3 is 15.4 Å². The van der Waals surface area contributed by atoms with Gasteiger partial charge in [-0.05, 0) is 32.7 Å². The maximum atomic E-state index is 11.6. The summed E-state index contributed by atoms with van der Waals surface area (Å²) < 4.78 is 5.63. The van der Waals surface area contributed by atoms with E-state index in [4.69, 9.17) is 4.74 Å². The van der Waals surface area contributed by atoms with E-state index in [1.165, 1.54) is 12.8 Å². The molecule has 1 heterocycles. The Kier molecular flexibility index (Phi) is 8.46. The molecule has 1 saturated heterocycles. The number of likely N-dealkylation sites (N-methyl/N-ethyl adjacent to an activating group) is 1. The van der Waals surface area contributed by atoms with Crippen LogP contribution in [0, 0.1) is 0 Å². The Balaban J connectivity index is 1.99. The first-order valence-corrected chi connectivity index (χ1v) is 8.07. The van der Waals surface area contributed by atoms with Gasteiger partial charge in [0.1, 0.15) is 0 Å². The van der Waals surface area contributed by atoms with E-state index in [2.05, 4.69) is 24.5 Å². The van der Waals surface area contributed by atoms with E-state index in [0.717, 1.165) is 25.3 Å². The van der Waals surface area contributed by atoms with Crippen LogP contribution >= 0.6 is 11.8 Å². The fraction of sp³-hybridized carbons (Fsp3) is 0.923. The van der Waals surface area contributed by atoms with Gasteiger partial charge in [0.05, 0.1) is 11.9 Å². The molecular weight excluding hydrogens is 248 g/mol. The summed E-state index contributed by atoms with van der Waals surface area (Å²) in [4.78, 5) is 11.6. The maximum Gasteiger partial charge on any atom is 0.230 e. The van der Waals surface area contributed by atoms with Gasteiger partial charge in [0.25, 0.3) is 0 Å². The van der Waals surface area contributed by atoms with Crippen LogP contribution in [-0.4, -0.2) is 49.3 Å². The lowest BCUT2D eigenvalue weighted by Gasteiger charge is -2.22. The summed E-state index contributed by atoms with van der Waals surface area (Å²) >= 11 is 1.68. The molecule has 5 heteroatoms. The molecular formula is C13H26N2O2S. The van der Waals surface area contributed by atoms with Crippen LogP contribution in [0.5, 0.6) is 0 Å². The number of carbonyl (C=O) groups is 1. The molecule has 106 valence electrons. The Morgan fingerprint density at radius 2 is 2.33 bits per heavy atom. The van der Waals surface area contributed by atoms with E-state index in [-0.39, 0.29) is 5.91 Å². The summed E-state index contributed by atoms with van der Waals surface area (Å²) in [6.45, 7) is 6.67. The minimum absolute atomic E-state index is 0.126. The maximum absolute atomic E-state index is 11.6. The monoisotopic (exact) mass is 274 g/mol. The molecule has 4 nitrogen and oxygen atoms in total. The molecule has 0 aromatic rings. The van der Waals surface area contributed by atoms with Crippen LogP contribution in [0.2, 0.25) is 0 Å². The Hall–Kier alpha value is -0.260. The van der Waals surface area contributed by atoms with Crippen molar-refractivity contribution in [3.63, 3.8) is 0 Å². The summed E-state index contributed by atoms with van der Waals surface area (Å²) in [5, 5.41) is 6.21. The quantitative estimate of drug-likeness (QED) is 0.702. The predicted molar refractivity (Wildman–Crippen MR) is 77.1 cm³/mol. The Bertz CT molecular complexity index is 233. The van der Waals surface area contributed by atoms with Gasteiger partial charge in [-0.1, -0.05) is 6.92 Å². The van der Waals surface area contributed by atoms with Gasteiger partial charge in [0.15, 0.2) is 0 Å². The number of nitrogens with one attached hydrogen (secondary N) is 2. The second-order valence-corrected chi connectivity index (χ2v) is 5.80. The van der Waals surface area contributed by atoms with Gasteiger partial charge in [-0.2, -0.15) is 0 Å². The van der Waals surface area contributed by atoms with E-state index in [1.54, 1.807) is 11.8 Å². The first-order chi connectivity index (χ1) is 8.72. The SMILES string of the molecule is CCN[C@H](C)CNC(=O)CSCC1CCCCO1. The lowest BCUT2D eigenvalue weighted by Crippen LogP contribution is -2.39. The fourth-order valence-electron chi connectivity index (χ4n) is 1.96. The molecule has 0 spiro atoms. The molecule has 1 aliphatic rings. The fourth-order valence-corrected chi connectivity index (χ4v) is 2.89. The Morgan fingerprint density at radius 3 is 3.00 bits per heavy atom. The van der Waals surface area contributed by atoms with E-state index in [0.29, 0.717) is 24.4 Å². The third kappa shape index (κ3) is 7.24. The minimum Gasteiger partial charge on any atom is -0.377 e. The number of rotatable bonds is 8. The second-order valence-electron chi connectivity index (χ2n) is 4.77. The molecule has 2 N–H and O–H groups in total. The Morgan fingerprint density at radius 1 is 1.50 bits per heavy atom. The van der Waals surface area contributed by atoms with Crippen molar-refractivity contribution >= 4 is 17.7 Å². The van der Waals surface area contributed by atoms with Gasteiger partial charge >= 0.3 is 0 Å². The molecule has 0 aromatic carbocycles. The van der Waals surface area contributed by atoms with Crippen molar-refractivity contribution in [2.45, 2.75) is 45.3 Å². The zero-order valence-electron chi connectivity index (χ0n) is 11.5. The van der Waals surface area contributed by atoms with Gasteiger partial charge in [-0.15, -0.1) is 11.8 Å². The highest BCUT2D eigenvalue weighted by Gasteiger charge is 2.14. The molecule has 1 fully saturated rings. The molecule has 1 amide bonds. The molecule has 0 saturated carbocycles. The third-order valence-corrected chi connectivity index (χ3v) is 4.04. The Labute approximate surface area is 115 Å². The third-order valence-electron chi connectivity index (χ3n) is 2.97. The first-order valence-electron chi connectivity index (χ1n) is 6.91. The molecule has 1 rings (SSSR count). The van der Waals surface area contributed by atoms with E-state index in [1.807, 2.05) is 0 Å². The summed E-state index contributed by atoms with van der Waals surface area (Å²) in [5.41, 5.74) is 0. The van der Waals surface area contributed by atoms with Crippen molar-refractivity contribution in [3.8, 4) is 0 Å². The van der Waals surface area contributed by atoms with Crippen molar-refractivity contribution < 1.29 is 9.53 Å². The number of ether oxygens (including phenoxy) is 1. The van der Waals surface area contributed by atoms with Crippen LogP contribution in [0.25, 0.3) is 0 Å². The molecule has 0 bridgehead atoms. The minimum atomic E-state index is 0.126. The van der Waals surface area contributed by atoms with Crippen LogP contribution in [-0.2, 0) is 9.53 Å². The van der Waals surface area contributed by atoms with Crippen LogP contribution < -0.4 is 10.6 Å². The van der Waals surface area contributed by atoms with Crippen LogP contribution in [0.4, 0.5) is 0 Å². The summed E-state index contributed by atoms with van der Waals surface area (Å²) in [6.07, 6.45) is 3.95.